The summed E-state index contributed by atoms with van der Waals surface area (Å²) < 4.78 is 0. The molecular weight excluding hydrogens is 262 g/mol. The van der Waals surface area contributed by atoms with Crippen molar-refractivity contribution in [2.45, 2.75) is 78.3 Å². The molecule has 0 amide bonds. The van der Waals surface area contributed by atoms with Crippen LogP contribution in [-0.4, -0.2) is 27.1 Å². The number of piperidine rings is 1. The van der Waals surface area contributed by atoms with Gasteiger partial charge in [-0.05, 0) is 33.6 Å². The van der Waals surface area contributed by atoms with E-state index in [0.29, 0.717) is 17.9 Å². The van der Waals surface area contributed by atoms with Crippen LogP contribution in [0.1, 0.15) is 65.3 Å². The molecule has 1 aliphatic rings. The van der Waals surface area contributed by atoms with Crippen molar-refractivity contribution in [1.82, 2.24) is 15.0 Å². The molecule has 5 nitrogen and oxygen atoms in total. The van der Waals surface area contributed by atoms with E-state index in [-0.39, 0.29) is 5.41 Å². The van der Waals surface area contributed by atoms with Crippen LogP contribution in [0.25, 0.3) is 0 Å². The lowest BCUT2D eigenvalue weighted by atomic mass is 9.95. The number of nitrogens with one attached hydrogen (secondary N) is 1. The molecule has 0 aromatic carbocycles. The Balaban J connectivity index is 2.32. The van der Waals surface area contributed by atoms with Crippen LogP contribution in [0.4, 0.5) is 11.6 Å². The van der Waals surface area contributed by atoms with Crippen molar-refractivity contribution >= 4 is 11.6 Å². The Bertz CT molecular complexity index is 496. The smallest absolute Gasteiger partial charge is 0.149 e. The molecule has 118 valence electrons. The van der Waals surface area contributed by atoms with E-state index >= 15 is 0 Å². The van der Waals surface area contributed by atoms with E-state index < -0.39 is 0 Å². The maximum absolute atomic E-state index is 6.08. The second-order valence-electron chi connectivity index (χ2n) is 7.30. The van der Waals surface area contributed by atoms with Gasteiger partial charge in [0.15, 0.2) is 0 Å². The molecule has 1 aliphatic heterocycles. The van der Waals surface area contributed by atoms with Crippen LogP contribution in [0.3, 0.4) is 0 Å². The zero-order valence-corrected chi connectivity index (χ0v) is 14.2. The first-order chi connectivity index (χ1) is 9.70. The first-order valence-electron chi connectivity index (χ1n) is 7.89. The molecule has 2 heterocycles. The van der Waals surface area contributed by atoms with Crippen LogP contribution >= 0.6 is 0 Å². The summed E-state index contributed by atoms with van der Waals surface area (Å²) in [6.45, 7) is 12.8. The Morgan fingerprint density at radius 1 is 1.14 bits per heavy atom. The normalized spacial score (nSPS) is 24.1. The lowest BCUT2D eigenvalue weighted by molar-refractivity contribution is 0.135. The van der Waals surface area contributed by atoms with Crippen molar-refractivity contribution in [2.75, 3.05) is 11.2 Å². The molecule has 0 radical (unpaired) electrons. The van der Waals surface area contributed by atoms with E-state index in [1.165, 1.54) is 19.3 Å². The van der Waals surface area contributed by atoms with Gasteiger partial charge in [0.1, 0.15) is 17.5 Å². The minimum atomic E-state index is -0.114. The molecule has 2 rings (SSSR count). The molecule has 2 atom stereocenters. The highest BCUT2D eigenvalue weighted by Crippen LogP contribution is 2.28. The largest absolute Gasteiger partial charge is 0.383 e. The van der Waals surface area contributed by atoms with Gasteiger partial charge in [-0.25, -0.2) is 15.0 Å². The number of rotatable bonds is 2. The molecule has 5 heteroatoms. The fourth-order valence-corrected chi connectivity index (χ4v) is 2.74. The number of aromatic nitrogens is 2. The molecule has 1 aromatic rings. The van der Waals surface area contributed by atoms with Crippen LogP contribution < -0.4 is 11.2 Å². The minimum absolute atomic E-state index is 0.114. The second kappa shape index (κ2) is 5.79. The summed E-state index contributed by atoms with van der Waals surface area (Å²) in [6.07, 6.45) is 3.71. The number of nitrogens with zero attached hydrogens (tertiary/aromatic N) is 3. The Morgan fingerprint density at radius 2 is 1.71 bits per heavy atom. The first-order valence-corrected chi connectivity index (χ1v) is 7.89. The summed E-state index contributed by atoms with van der Waals surface area (Å²) in [6, 6.07) is 1.00. The monoisotopic (exact) mass is 291 g/mol. The summed E-state index contributed by atoms with van der Waals surface area (Å²) >= 11 is 0. The van der Waals surface area contributed by atoms with Gasteiger partial charge >= 0.3 is 0 Å². The fourth-order valence-electron chi connectivity index (χ4n) is 2.74. The highest BCUT2D eigenvalue weighted by molar-refractivity contribution is 5.54. The predicted molar refractivity (Wildman–Crippen MR) is 88.1 cm³/mol. The van der Waals surface area contributed by atoms with Gasteiger partial charge < -0.3 is 11.2 Å². The molecule has 1 aromatic heterocycles. The second-order valence-corrected chi connectivity index (χ2v) is 7.30. The summed E-state index contributed by atoms with van der Waals surface area (Å²) in [5.74, 6) is 2.19. The van der Waals surface area contributed by atoms with Gasteiger partial charge in [-0.1, -0.05) is 27.2 Å². The Kier molecular flexibility index (Phi) is 4.42. The highest BCUT2D eigenvalue weighted by Gasteiger charge is 2.27. The van der Waals surface area contributed by atoms with Crippen LogP contribution in [0.15, 0.2) is 0 Å². The lowest BCUT2D eigenvalue weighted by Crippen LogP contribution is -2.47. The molecule has 1 fully saturated rings. The third-order valence-electron chi connectivity index (χ3n) is 4.28. The molecule has 0 spiro atoms. The van der Waals surface area contributed by atoms with E-state index in [1.807, 2.05) is 6.92 Å². The van der Waals surface area contributed by atoms with Gasteiger partial charge in [0, 0.05) is 23.1 Å². The van der Waals surface area contributed by atoms with Crippen LogP contribution in [0.2, 0.25) is 0 Å². The molecule has 0 saturated carbocycles. The van der Waals surface area contributed by atoms with E-state index in [0.717, 1.165) is 17.2 Å². The standard InChI is InChI=1S/C16H29N5/c1-10-8-7-9-11(2)21(10)20-14-12(3)13(17)18-15(19-14)16(4,5)6/h10-11H,7-9H2,1-6H3,(H3,17,18,19,20). The maximum Gasteiger partial charge on any atom is 0.149 e. The summed E-state index contributed by atoms with van der Waals surface area (Å²) in [5.41, 5.74) is 10.4. The molecular formula is C16H29N5. The summed E-state index contributed by atoms with van der Waals surface area (Å²) in [4.78, 5) is 9.17. The number of nitrogen functional groups attached to an aromatic ring is 1. The van der Waals surface area contributed by atoms with Crippen molar-refractivity contribution in [3.05, 3.63) is 11.4 Å². The van der Waals surface area contributed by atoms with Gasteiger partial charge in [-0.2, -0.15) is 0 Å². The Hall–Kier alpha value is -1.36. The van der Waals surface area contributed by atoms with Gasteiger partial charge in [0.25, 0.3) is 0 Å². The number of nitrogens with two attached hydrogens (primary N) is 1. The van der Waals surface area contributed by atoms with Crippen LogP contribution in [-0.2, 0) is 5.41 Å². The average molecular weight is 291 g/mol. The Labute approximate surface area is 128 Å². The number of hydrogen-bond acceptors (Lipinski definition) is 5. The van der Waals surface area contributed by atoms with Gasteiger partial charge in [0.2, 0.25) is 0 Å². The number of hydrazine groups is 1. The third-order valence-corrected chi connectivity index (χ3v) is 4.28. The maximum atomic E-state index is 6.08. The van der Waals surface area contributed by atoms with Gasteiger partial charge in [-0.3, -0.25) is 0 Å². The quantitative estimate of drug-likeness (QED) is 0.875. The van der Waals surface area contributed by atoms with E-state index in [1.54, 1.807) is 0 Å². The van der Waals surface area contributed by atoms with Crippen LogP contribution in [0, 0.1) is 6.92 Å². The predicted octanol–water partition coefficient (Wildman–Crippen LogP) is 3.25. The van der Waals surface area contributed by atoms with E-state index in [2.05, 4.69) is 50.0 Å². The van der Waals surface area contributed by atoms with Crippen molar-refractivity contribution in [1.29, 1.82) is 0 Å². The average Bonchev–Trinajstić information content (AvgIpc) is 2.37. The summed E-state index contributed by atoms with van der Waals surface area (Å²) in [7, 11) is 0. The Morgan fingerprint density at radius 3 is 2.24 bits per heavy atom. The molecule has 21 heavy (non-hydrogen) atoms. The zero-order valence-electron chi connectivity index (χ0n) is 14.2. The van der Waals surface area contributed by atoms with Gasteiger partial charge in [0.05, 0.1) is 0 Å². The van der Waals surface area contributed by atoms with Crippen LogP contribution in [0.5, 0.6) is 0 Å². The van der Waals surface area contributed by atoms with Crippen molar-refractivity contribution < 1.29 is 0 Å². The molecule has 0 bridgehead atoms. The minimum Gasteiger partial charge on any atom is -0.383 e. The molecule has 1 saturated heterocycles. The number of hydrogen-bond donors (Lipinski definition) is 2. The molecule has 2 unspecified atom stereocenters. The number of anilines is 2. The SMILES string of the molecule is Cc1c(N)nc(C(C)(C)C)nc1NN1C(C)CCCC1C. The van der Waals surface area contributed by atoms with Crippen molar-refractivity contribution in [3.8, 4) is 0 Å². The van der Waals surface area contributed by atoms with E-state index in [4.69, 9.17) is 10.7 Å². The molecule has 0 aliphatic carbocycles. The topological polar surface area (TPSA) is 67.1 Å². The highest BCUT2D eigenvalue weighted by atomic mass is 15.5. The fraction of sp³-hybridized carbons (Fsp3) is 0.750. The van der Waals surface area contributed by atoms with Crippen molar-refractivity contribution in [2.24, 2.45) is 0 Å². The van der Waals surface area contributed by atoms with E-state index in [9.17, 15) is 0 Å². The first kappa shape index (κ1) is 16.0. The van der Waals surface area contributed by atoms with Gasteiger partial charge in [-0.15, -0.1) is 0 Å². The lowest BCUT2D eigenvalue weighted by Gasteiger charge is -2.39. The van der Waals surface area contributed by atoms with Crippen molar-refractivity contribution in [3.63, 3.8) is 0 Å². The molecule has 3 N–H and O–H groups in total. The zero-order chi connectivity index (χ0) is 15.8. The third kappa shape index (κ3) is 3.46. The summed E-state index contributed by atoms with van der Waals surface area (Å²) in [5, 5.41) is 2.31.